The lowest BCUT2D eigenvalue weighted by atomic mass is 10.0. The maximum Gasteiger partial charge on any atom is 0.416 e. The molecule has 1 fully saturated rings. The molecule has 2 nitrogen and oxygen atoms in total. The van der Waals surface area contributed by atoms with Crippen LogP contribution in [0.2, 0.25) is 0 Å². The number of benzene rings is 1. The zero-order valence-corrected chi connectivity index (χ0v) is 11.6. The number of alkyl halides is 3. The van der Waals surface area contributed by atoms with Crippen LogP contribution in [-0.4, -0.2) is 36.0 Å². The standard InChI is InChI=1S/C13H16F4N2S/c14-11-6-9(5-10(7-11)13(15,16)17)12(8-18)19-1-3-20-4-2-19/h5-7,12H,1-4,8,18H2. The third kappa shape index (κ3) is 3.65. The van der Waals surface area contributed by atoms with Crippen molar-refractivity contribution in [1.82, 2.24) is 4.90 Å². The minimum Gasteiger partial charge on any atom is -0.329 e. The maximum absolute atomic E-state index is 13.5. The van der Waals surface area contributed by atoms with Crippen molar-refractivity contribution < 1.29 is 17.6 Å². The summed E-state index contributed by atoms with van der Waals surface area (Å²) in [4.78, 5) is 2.02. The first kappa shape index (κ1) is 15.6. The van der Waals surface area contributed by atoms with Gasteiger partial charge >= 0.3 is 6.18 Å². The van der Waals surface area contributed by atoms with Gasteiger partial charge in [0.25, 0.3) is 0 Å². The van der Waals surface area contributed by atoms with Crippen LogP contribution in [0.5, 0.6) is 0 Å². The number of thioether (sulfide) groups is 1. The van der Waals surface area contributed by atoms with Crippen molar-refractivity contribution >= 4 is 11.8 Å². The summed E-state index contributed by atoms with van der Waals surface area (Å²) in [5.41, 5.74) is 5.03. The van der Waals surface area contributed by atoms with E-state index in [1.807, 2.05) is 4.90 Å². The molecule has 0 bridgehead atoms. The van der Waals surface area contributed by atoms with Crippen molar-refractivity contribution in [3.8, 4) is 0 Å². The summed E-state index contributed by atoms with van der Waals surface area (Å²) in [7, 11) is 0. The van der Waals surface area contributed by atoms with E-state index in [0.29, 0.717) is 11.6 Å². The molecule has 0 amide bonds. The van der Waals surface area contributed by atoms with Gasteiger partial charge in [0.05, 0.1) is 5.56 Å². The number of halogens is 4. The van der Waals surface area contributed by atoms with Crippen LogP contribution in [-0.2, 0) is 6.18 Å². The highest BCUT2D eigenvalue weighted by Gasteiger charge is 2.32. The molecular weight excluding hydrogens is 292 g/mol. The van der Waals surface area contributed by atoms with E-state index >= 15 is 0 Å². The Kier molecular flexibility index (Phi) is 4.93. The summed E-state index contributed by atoms with van der Waals surface area (Å²) in [6.45, 7) is 1.68. The summed E-state index contributed by atoms with van der Waals surface area (Å²) >= 11 is 1.80. The molecule has 112 valence electrons. The number of rotatable bonds is 3. The van der Waals surface area contributed by atoms with E-state index < -0.39 is 17.6 Å². The number of hydrogen-bond donors (Lipinski definition) is 1. The topological polar surface area (TPSA) is 29.3 Å². The second-order valence-electron chi connectivity index (χ2n) is 4.67. The molecule has 1 atom stereocenters. The van der Waals surface area contributed by atoms with Crippen LogP contribution >= 0.6 is 11.8 Å². The first-order chi connectivity index (χ1) is 9.41. The van der Waals surface area contributed by atoms with Gasteiger partial charge in [0.15, 0.2) is 0 Å². The summed E-state index contributed by atoms with van der Waals surface area (Å²) in [6, 6.07) is 2.30. The molecule has 1 unspecified atom stereocenters. The monoisotopic (exact) mass is 308 g/mol. The Hall–Kier alpha value is -0.790. The molecule has 1 aromatic rings. The average molecular weight is 308 g/mol. The van der Waals surface area contributed by atoms with Gasteiger partial charge in [-0.3, -0.25) is 4.90 Å². The molecule has 1 heterocycles. The van der Waals surface area contributed by atoms with Gasteiger partial charge < -0.3 is 5.73 Å². The molecule has 2 rings (SSSR count). The van der Waals surface area contributed by atoms with Crippen molar-refractivity contribution in [2.45, 2.75) is 12.2 Å². The lowest BCUT2D eigenvalue weighted by Gasteiger charge is -2.34. The second kappa shape index (κ2) is 6.32. The largest absolute Gasteiger partial charge is 0.416 e. The predicted molar refractivity (Wildman–Crippen MR) is 72.1 cm³/mol. The van der Waals surface area contributed by atoms with Crippen LogP contribution in [0.25, 0.3) is 0 Å². The Morgan fingerprint density at radius 2 is 1.85 bits per heavy atom. The van der Waals surface area contributed by atoms with E-state index in [0.717, 1.165) is 36.7 Å². The van der Waals surface area contributed by atoms with Crippen molar-refractivity contribution in [3.05, 3.63) is 35.1 Å². The molecule has 0 saturated carbocycles. The van der Waals surface area contributed by atoms with Crippen molar-refractivity contribution in [2.75, 3.05) is 31.1 Å². The van der Waals surface area contributed by atoms with E-state index in [9.17, 15) is 17.6 Å². The number of hydrogen-bond acceptors (Lipinski definition) is 3. The van der Waals surface area contributed by atoms with Crippen molar-refractivity contribution in [3.63, 3.8) is 0 Å². The van der Waals surface area contributed by atoms with Crippen LogP contribution in [0.15, 0.2) is 18.2 Å². The zero-order valence-electron chi connectivity index (χ0n) is 10.8. The summed E-state index contributed by atoms with van der Waals surface area (Å²) in [5.74, 6) is 0.954. The predicted octanol–water partition coefficient (Wildman–Crippen LogP) is 2.89. The first-order valence-electron chi connectivity index (χ1n) is 6.31. The van der Waals surface area contributed by atoms with Crippen molar-refractivity contribution in [2.24, 2.45) is 5.73 Å². The van der Waals surface area contributed by atoms with E-state index in [4.69, 9.17) is 5.73 Å². The highest BCUT2D eigenvalue weighted by atomic mass is 32.2. The van der Waals surface area contributed by atoms with Gasteiger partial charge in [-0.2, -0.15) is 24.9 Å². The lowest BCUT2D eigenvalue weighted by molar-refractivity contribution is -0.137. The second-order valence-corrected chi connectivity index (χ2v) is 5.90. The van der Waals surface area contributed by atoms with Crippen LogP contribution < -0.4 is 5.73 Å². The number of nitrogens with zero attached hydrogens (tertiary/aromatic N) is 1. The van der Waals surface area contributed by atoms with Gasteiger partial charge in [-0.1, -0.05) is 0 Å². The van der Waals surface area contributed by atoms with E-state index in [1.165, 1.54) is 0 Å². The Morgan fingerprint density at radius 1 is 1.20 bits per heavy atom. The molecule has 0 aromatic heterocycles. The van der Waals surface area contributed by atoms with Crippen LogP contribution in [0.4, 0.5) is 17.6 Å². The fourth-order valence-corrected chi connectivity index (χ4v) is 3.28. The van der Waals surface area contributed by atoms with Crippen LogP contribution in [0.3, 0.4) is 0 Å². The fraction of sp³-hybridized carbons (Fsp3) is 0.538. The average Bonchev–Trinajstić information content (AvgIpc) is 2.39. The van der Waals surface area contributed by atoms with E-state index in [1.54, 1.807) is 11.8 Å². The first-order valence-corrected chi connectivity index (χ1v) is 7.47. The van der Waals surface area contributed by atoms with Gasteiger partial charge in [-0.25, -0.2) is 4.39 Å². The summed E-state index contributed by atoms with van der Waals surface area (Å²) < 4.78 is 51.7. The molecule has 20 heavy (non-hydrogen) atoms. The highest BCUT2D eigenvalue weighted by Crippen LogP contribution is 2.33. The smallest absolute Gasteiger partial charge is 0.329 e. The van der Waals surface area contributed by atoms with E-state index in [2.05, 4.69) is 0 Å². The third-order valence-electron chi connectivity index (χ3n) is 3.34. The quantitative estimate of drug-likeness (QED) is 0.871. The molecule has 0 spiro atoms. The molecule has 2 N–H and O–H groups in total. The zero-order chi connectivity index (χ0) is 14.8. The maximum atomic E-state index is 13.5. The molecular formula is C13H16F4N2S. The molecule has 0 aliphatic carbocycles. The SMILES string of the molecule is NCC(c1cc(F)cc(C(F)(F)F)c1)N1CCSCC1. The molecule has 1 saturated heterocycles. The van der Waals surface area contributed by atoms with E-state index in [-0.39, 0.29) is 12.6 Å². The third-order valence-corrected chi connectivity index (χ3v) is 4.28. The Balaban J connectivity index is 2.31. The molecule has 0 radical (unpaired) electrons. The lowest BCUT2D eigenvalue weighted by Crippen LogP contribution is -2.39. The molecule has 7 heteroatoms. The van der Waals surface area contributed by atoms with Crippen LogP contribution in [0, 0.1) is 5.82 Å². The highest BCUT2D eigenvalue weighted by molar-refractivity contribution is 7.99. The minimum atomic E-state index is -4.55. The summed E-state index contributed by atoms with van der Waals surface area (Å²) in [6.07, 6.45) is -4.55. The fourth-order valence-electron chi connectivity index (χ4n) is 2.35. The van der Waals surface area contributed by atoms with Gasteiger partial charge in [-0.05, 0) is 23.8 Å². The molecule has 1 aromatic carbocycles. The molecule has 1 aliphatic rings. The van der Waals surface area contributed by atoms with Crippen molar-refractivity contribution in [1.29, 1.82) is 0 Å². The van der Waals surface area contributed by atoms with Gasteiger partial charge in [0.2, 0.25) is 0 Å². The Labute approximate surface area is 119 Å². The normalized spacial score (nSPS) is 19.1. The van der Waals surface area contributed by atoms with Gasteiger partial charge in [0.1, 0.15) is 5.82 Å². The van der Waals surface area contributed by atoms with Gasteiger partial charge in [-0.15, -0.1) is 0 Å². The number of nitrogens with two attached hydrogens (primary N) is 1. The minimum absolute atomic E-state index is 0.172. The Morgan fingerprint density at radius 3 is 2.40 bits per heavy atom. The van der Waals surface area contributed by atoms with Crippen LogP contribution in [0.1, 0.15) is 17.2 Å². The van der Waals surface area contributed by atoms with Gasteiger partial charge in [0, 0.05) is 37.2 Å². The summed E-state index contributed by atoms with van der Waals surface area (Å²) in [5, 5.41) is 0. The Bertz CT molecular complexity index is 458. The molecule has 1 aliphatic heterocycles.